The van der Waals surface area contributed by atoms with Crippen LogP contribution < -0.4 is 10.9 Å². The van der Waals surface area contributed by atoms with Crippen LogP contribution in [0.2, 0.25) is 1.41 Å². The van der Waals surface area contributed by atoms with Gasteiger partial charge in [-0.2, -0.15) is 0 Å². The molecule has 0 radical (unpaired) electrons. The van der Waals surface area contributed by atoms with E-state index in [1.807, 2.05) is 0 Å². The molecule has 2 aromatic heterocycles. The minimum absolute atomic E-state index is 0.0555. The number of likely N-dealkylation sites (tertiary alicyclic amines) is 1. The summed E-state index contributed by atoms with van der Waals surface area (Å²) >= 11 is 0.385. The van der Waals surface area contributed by atoms with Crippen LogP contribution >= 0.6 is 11.3 Å². The normalized spacial score (nSPS) is 39.4. The van der Waals surface area contributed by atoms with E-state index in [1.54, 1.807) is 0 Å². The van der Waals surface area contributed by atoms with Crippen molar-refractivity contribution in [3.05, 3.63) is 27.3 Å². The second-order valence-corrected chi connectivity index (χ2v) is 5.88. The SMILES string of the molecule is [2H]c1sc2c(c1[2H])c(O)c(C(=O)N([2H])CCC([2H])N1C([2H])([2H])C([2H])([2H])C([2H])([2H])C([2H])([2H])C1([2H])[2H])c(=O)n2C([2H])(C)C([2H])([2H])[2H]. The Kier molecular flexibility index (Phi) is 2.10. The molecule has 26 heavy (non-hydrogen) atoms. The average molecular weight is 396 g/mol. The summed E-state index contributed by atoms with van der Waals surface area (Å²) < 4.78 is 144. The molecule has 1 amide bonds. The summed E-state index contributed by atoms with van der Waals surface area (Å²) in [5.74, 6) is -2.85. The fourth-order valence-electron chi connectivity index (χ4n) is 2.23. The van der Waals surface area contributed by atoms with Gasteiger partial charge in [-0.1, -0.05) is 6.37 Å². The molecule has 1 aliphatic heterocycles. The van der Waals surface area contributed by atoms with Crippen LogP contribution in [0.4, 0.5) is 0 Å². The summed E-state index contributed by atoms with van der Waals surface area (Å²) in [5, 5.41) is 9.59. The number of piperidine rings is 1. The maximum Gasteiger partial charge on any atom is 0.268 e. The van der Waals surface area contributed by atoms with E-state index in [9.17, 15) is 14.7 Å². The van der Waals surface area contributed by atoms with E-state index in [0.717, 1.165) is 6.92 Å². The number of thiophene rings is 1. The molecular weight excluding hydrogens is 350 g/mol. The highest BCUT2D eigenvalue weighted by atomic mass is 32.1. The standard InChI is InChI=1S/C19H27N3O3S/c1-13(2)22-18(25)15(16(23)14-7-12-26-19(14)22)17(24)20-8-6-11-21-9-4-3-5-10-21/h7,12-13,23H,3-6,8-11H2,1-2H3,(H,20,24)/i1D3,3D2,4D2,5D2,7D,9D2,10D2,11D,12D,13D/hD. The number of rotatable bonds is 6. The quantitative estimate of drug-likeness (QED) is 0.788. The summed E-state index contributed by atoms with van der Waals surface area (Å²) in [7, 11) is 0. The summed E-state index contributed by atoms with van der Waals surface area (Å²) in [5.41, 5.74) is -2.84. The molecule has 0 saturated carbocycles. The maximum absolute atomic E-state index is 13.4. The van der Waals surface area contributed by atoms with Gasteiger partial charge in [0.15, 0.2) is 1.41 Å². The minimum Gasteiger partial charge on any atom is -0.506 e. The summed E-state index contributed by atoms with van der Waals surface area (Å²) in [4.78, 5) is 26.1. The number of nitrogens with one attached hydrogen (secondary N) is 1. The Morgan fingerprint density at radius 3 is 3.12 bits per heavy atom. The molecule has 0 spiro atoms. The van der Waals surface area contributed by atoms with Gasteiger partial charge in [0.1, 0.15) is 16.1 Å². The van der Waals surface area contributed by atoms with Crippen LogP contribution in [0.1, 0.15) is 79.0 Å². The second-order valence-electron chi connectivity index (χ2n) is 5.09. The van der Waals surface area contributed by atoms with Gasteiger partial charge in [0.05, 0.1) is 9.50 Å². The van der Waals surface area contributed by atoms with E-state index in [4.69, 9.17) is 24.7 Å². The number of aromatic nitrogens is 1. The molecule has 3 rings (SSSR count). The number of hydrogen-bond acceptors (Lipinski definition) is 5. The van der Waals surface area contributed by atoms with Gasteiger partial charge in [-0.3, -0.25) is 14.2 Å². The Morgan fingerprint density at radius 1 is 1.62 bits per heavy atom. The van der Waals surface area contributed by atoms with Gasteiger partial charge in [-0.05, 0) is 63.9 Å². The highest BCUT2D eigenvalue weighted by Gasteiger charge is 2.23. The van der Waals surface area contributed by atoms with Crippen LogP contribution in [-0.4, -0.2) is 46.5 Å². The van der Waals surface area contributed by atoms with Gasteiger partial charge in [-0.25, -0.2) is 0 Å². The van der Waals surface area contributed by atoms with Crippen molar-refractivity contribution < 1.29 is 34.6 Å². The zero-order valence-corrected chi connectivity index (χ0v) is 14.3. The second kappa shape index (κ2) is 8.22. The summed E-state index contributed by atoms with van der Waals surface area (Å²) in [6.07, 6.45) is -12.1. The monoisotopic (exact) mass is 395 g/mol. The van der Waals surface area contributed by atoms with E-state index in [0.29, 0.717) is 15.9 Å². The van der Waals surface area contributed by atoms with Crippen LogP contribution in [0.15, 0.2) is 16.2 Å². The molecule has 7 heteroatoms. The minimum atomic E-state index is -3.73. The largest absolute Gasteiger partial charge is 0.506 e. The molecule has 2 atom stereocenters. The van der Waals surface area contributed by atoms with Crippen LogP contribution in [0.5, 0.6) is 5.75 Å². The van der Waals surface area contributed by atoms with E-state index in [1.165, 1.54) is 0 Å². The van der Waals surface area contributed by atoms with Crippen LogP contribution in [0, 0.1) is 0 Å². The van der Waals surface area contributed by atoms with Crippen molar-refractivity contribution in [2.24, 2.45) is 0 Å². The van der Waals surface area contributed by atoms with E-state index >= 15 is 0 Å². The van der Waals surface area contributed by atoms with Crippen molar-refractivity contribution in [1.82, 2.24) is 14.8 Å². The number of carbonyl (C=O) groups excluding carboxylic acids is 1. The third-order valence-corrected chi connectivity index (χ3v) is 4.14. The zero-order valence-electron chi connectivity index (χ0n) is 31.5. The lowest BCUT2D eigenvalue weighted by molar-refractivity contribution is 0.0946. The first-order valence-corrected chi connectivity index (χ1v) is 8.18. The van der Waals surface area contributed by atoms with Gasteiger partial charge in [0, 0.05) is 31.8 Å². The van der Waals surface area contributed by atoms with Crippen molar-refractivity contribution in [3.8, 4) is 5.75 Å². The molecule has 0 aromatic carbocycles. The molecule has 2 unspecified atom stereocenters. The highest BCUT2D eigenvalue weighted by Crippen LogP contribution is 2.31. The third kappa shape index (κ3) is 3.78. The first-order chi connectivity index (χ1) is 19.5. The number of carbonyl (C=O) groups is 1. The molecule has 142 valence electrons. The van der Waals surface area contributed by atoms with Gasteiger partial charge in [-0.15, -0.1) is 11.3 Å². The summed E-state index contributed by atoms with van der Waals surface area (Å²) in [6, 6.07) is -3.52. The van der Waals surface area contributed by atoms with Crippen molar-refractivity contribution >= 4 is 27.5 Å². The van der Waals surface area contributed by atoms with Crippen molar-refractivity contribution in [1.29, 1.82) is 0 Å². The van der Waals surface area contributed by atoms with Gasteiger partial charge in [0.25, 0.3) is 11.5 Å². The number of aromatic hydroxyl groups is 1. The summed E-state index contributed by atoms with van der Waals surface area (Å²) in [6.45, 7) is -12.9. The highest BCUT2D eigenvalue weighted by molar-refractivity contribution is 7.16. The molecule has 0 aliphatic carbocycles. The Balaban J connectivity index is 2.07. The van der Waals surface area contributed by atoms with Crippen LogP contribution in [0.3, 0.4) is 0 Å². The molecule has 0 bridgehead atoms. The predicted molar refractivity (Wildman–Crippen MR) is 105 cm³/mol. The maximum atomic E-state index is 13.4. The fraction of sp³-hybridized carbons (Fsp3) is 0.579. The van der Waals surface area contributed by atoms with Gasteiger partial charge in [0.2, 0.25) is 0 Å². The number of amides is 1. The molecule has 2 aromatic rings. The Hall–Kier alpha value is -1.86. The molecule has 2 N–H and O–H groups in total. The smallest absolute Gasteiger partial charge is 0.268 e. The van der Waals surface area contributed by atoms with Crippen LogP contribution in [0.25, 0.3) is 10.2 Å². The number of nitrogens with zero attached hydrogens (tertiary/aromatic N) is 2. The van der Waals surface area contributed by atoms with Crippen molar-refractivity contribution in [2.45, 2.75) is 45.3 Å². The fourth-order valence-corrected chi connectivity index (χ4v) is 3.04. The molecule has 1 saturated heterocycles. The van der Waals surface area contributed by atoms with E-state index < -0.39 is 109 Å². The first kappa shape index (κ1) is 6.63. The Morgan fingerprint density at radius 2 is 2.38 bits per heavy atom. The number of fused-ring (bicyclic) bond motifs is 1. The Labute approximate surface area is 182 Å². The Bertz CT molecular complexity index is 1520. The lowest BCUT2D eigenvalue weighted by Crippen LogP contribution is -2.36. The molecule has 3 heterocycles. The molecule has 1 aliphatic rings. The third-order valence-electron chi connectivity index (χ3n) is 3.35. The number of pyridine rings is 1. The van der Waals surface area contributed by atoms with Crippen molar-refractivity contribution in [3.63, 3.8) is 0 Å². The molecule has 1 fully saturated rings. The van der Waals surface area contributed by atoms with Gasteiger partial charge < -0.3 is 15.3 Å². The van der Waals surface area contributed by atoms with Gasteiger partial charge >= 0.3 is 0 Å². The predicted octanol–water partition coefficient (Wildman–Crippen LogP) is 2.96. The van der Waals surface area contributed by atoms with Crippen molar-refractivity contribution in [2.75, 3.05) is 26.1 Å². The zero-order chi connectivity index (χ0) is 34.5. The number of hydrogen-bond donors (Lipinski definition) is 2. The lowest BCUT2D eigenvalue weighted by atomic mass is 10.1. The lowest BCUT2D eigenvalue weighted by Gasteiger charge is -2.26. The molecular formula is C19H27N3O3S. The van der Waals surface area contributed by atoms with Crippen LogP contribution in [-0.2, 0) is 0 Å². The first-order valence-electron chi connectivity index (χ1n) is 16.4. The van der Waals surface area contributed by atoms with E-state index in [2.05, 4.69) is 0 Å². The molecule has 6 nitrogen and oxygen atoms in total. The topological polar surface area (TPSA) is 74.6 Å². The van der Waals surface area contributed by atoms with E-state index in [-0.39, 0.29) is 10.2 Å². The average Bonchev–Trinajstić information content (AvgIpc) is 3.13.